The number of benzene rings is 1. The van der Waals surface area contributed by atoms with Crippen molar-refractivity contribution in [3.63, 3.8) is 0 Å². The molecule has 0 aromatic heterocycles. The second kappa shape index (κ2) is 8.57. The molecule has 1 heterocycles. The number of amides is 1. The highest BCUT2D eigenvalue weighted by atomic mass is 19.1. The van der Waals surface area contributed by atoms with Crippen LogP contribution in [0.25, 0.3) is 6.08 Å². The van der Waals surface area contributed by atoms with Crippen LogP contribution < -0.4 is 5.32 Å². The third-order valence-corrected chi connectivity index (χ3v) is 3.67. The molecule has 0 spiro atoms. The third-order valence-electron chi connectivity index (χ3n) is 3.67. The maximum atomic E-state index is 13.0. The summed E-state index contributed by atoms with van der Waals surface area (Å²) in [5, 5.41) is 2.85. The molecular weight excluding hydrogens is 267 g/mol. The van der Waals surface area contributed by atoms with E-state index < -0.39 is 0 Å². The monoisotopic (exact) mass is 290 g/mol. The van der Waals surface area contributed by atoms with Crippen LogP contribution in [0.5, 0.6) is 0 Å². The Bertz CT molecular complexity index is 481. The molecule has 1 N–H and O–H groups in total. The lowest BCUT2D eigenvalue weighted by Crippen LogP contribution is -2.24. The van der Waals surface area contributed by atoms with Crippen molar-refractivity contribution in [1.82, 2.24) is 10.2 Å². The summed E-state index contributed by atoms with van der Waals surface area (Å²) >= 11 is 0. The number of rotatable bonds is 7. The number of carbonyl (C=O) groups is 1. The Kier molecular flexibility index (Phi) is 6.41. The third kappa shape index (κ3) is 6.08. The van der Waals surface area contributed by atoms with Gasteiger partial charge in [0.1, 0.15) is 5.82 Å². The van der Waals surface area contributed by atoms with E-state index in [0.717, 1.165) is 19.4 Å². The number of carbonyl (C=O) groups excluding carboxylic acids is 1. The number of likely N-dealkylation sites (tertiary alicyclic amines) is 1. The Labute approximate surface area is 125 Å². The van der Waals surface area contributed by atoms with E-state index in [0.29, 0.717) is 12.1 Å². The van der Waals surface area contributed by atoms with Gasteiger partial charge in [0.05, 0.1) is 0 Å². The quantitative estimate of drug-likeness (QED) is 0.618. The summed E-state index contributed by atoms with van der Waals surface area (Å²) in [7, 11) is 0. The fourth-order valence-electron chi connectivity index (χ4n) is 2.52. The molecule has 1 saturated heterocycles. The molecular formula is C17H23FN2O. The van der Waals surface area contributed by atoms with Crippen LogP contribution in [0.1, 0.15) is 31.2 Å². The maximum absolute atomic E-state index is 13.0. The van der Waals surface area contributed by atoms with Crippen LogP contribution in [-0.2, 0) is 4.79 Å². The molecule has 0 saturated carbocycles. The van der Waals surface area contributed by atoms with Gasteiger partial charge in [0.25, 0.3) is 0 Å². The molecule has 2 rings (SSSR count). The molecule has 4 heteroatoms. The lowest BCUT2D eigenvalue weighted by atomic mass is 10.2. The SMILES string of the molecule is O=C(/C=C/c1cccc(F)c1)NCCCCN1CCCC1. The molecule has 0 unspecified atom stereocenters. The molecule has 3 nitrogen and oxygen atoms in total. The average Bonchev–Trinajstić information content (AvgIpc) is 2.98. The zero-order valence-electron chi connectivity index (χ0n) is 12.4. The minimum absolute atomic E-state index is 0.125. The van der Waals surface area contributed by atoms with Crippen molar-refractivity contribution in [2.75, 3.05) is 26.2 Å². The highest BCUT2D eigenvalue weighted by Crippen LogP contribution is 2.08. The fourth-order valence-corrected chi connectivity index (χ4v) is 2.52. The lowest BCUT2D eigenvalue weighted by Gasteiger charge is -2.13. The van der Waals surface area contributed by atoms with Crippen LogP contribution >= 0.6 is 0 Å². The molecule has 1 aromatic rings. The van der Waals surface area contributed by atoms with Crippen LogP contribution in [0, 0.1) is 5.82 Å². The Balaban J connectivity index is 1.58. The first kappa shape index (κ1) is 15.7. The highest BCUT2D eigenvalue weighted by Gasteiger charge is 2.09. The number of unbranched alkanes of at least 4 members (excludes halogenated alkanes) is 1. The van der Waals surface area contributed by atoms with E-state index in [4.69, 9.17) is 0 Å². The van der Waals surface area contributed by atoms with Crippen LogP contribution in [-0.4, -0.2) is 37.0 Å². The fraction of sp³-hybridized carbons (Fsp3) is 0.471. The van der Waals surface area contributed by atoms with Crippen molar-refractivity contribution in [3.05, 3.63) is 41.7 Å². The second-order valence-electron chi connectivity index (χ2n) is 5.44. The summed E-state index contributed by atoms with van der Waals surface area (Å²) in [6.07, 6.45) is 7.84. The van der Waals surface area contributed by atoms with Gasteiger partial charge in [-0.15, -0.1) is 0 Å². The minimum atomic E-state index is -0.292. The van der Waals surface area contributed by atoms with Gasteiger partial charge in [-0.2, -0.15) is 0 Å². The molecule has 1 aliphatic rings. The van der Waals surface area contributed by atoms with Crippen LogP contribution in [0.2, 0.25) is 0 Å². The number of nitrogens with zero attached hydrogens (tertiary/aromatic N) is 1. The summed E-state index contributed by atoms with van der Waals surface area (Å²) in [6.45, 7) is 4.28. The van der Waals surface area contributed by atoms with E-state index in [1.165, 1.54) is 44.1 Å². The Morgan fingerprint density at radius 1 is 1.29 bits per heavy atom. The van der Waals surface area contributed by atoms with Crippen LogP contribution in [0.4, 0.5) is 4.39 Å². The molecule has 0 aliphatic carbocycles. The zero-order valence-corrected chi connectivity index (χ0v) is 12.4. The largest absolute Gasteiger partial charge is 0.353 e. The first-order valence-electron chi connectivity index (χ1n) is 7.68. The standard InChI is InChI=1S/C17H23FN2O/c18-16-7-5-6-15(14-16)8-9-17(21)19-10-1-2-11-20-12-3-4-13-20/h5-9,14H,1-4,10-13H2,(H,19,21)/b9-8+. The van der Waals surface area contributed by atoms with Gasteiger partial charge in [0, 0.05) is 12.6 Å². The first-order valence-corrected chi connectivity index (χ1v) is 7.68. The molecule has 114 valence electrons. The summed E-state index contributed by atoms with van der Waals surface area (Å²) in [4.78, 5) is 14.1. The Morgan fingerprint density at radius 3 is 2.86 bits per heavy atom. The second-order valence-corrected chi connectivity index (χ2v) is 5.44. The Morgan fingerprint density at radius 2 is 2.10 bits per heavy atom. The predicted octanol–water partition coefficient (Wildman–Crippen LogP) is 2.83. The van der Waals surface area contributed by atoms with E-state index >= 15 is 0 Å². The molecule has 1 amide bonds. The zero-order chi connectivity index (χ0) is 14.9. The van der Waals surface area contributed by atoms with Crippen molar-refractivity contribution >= 4 is 12.0 Å². The van der Waals surface area contributed by atoms with Crippen molar-refractivity contribution in [2.24, 2.45) is 0 Å². The van der Waals surface area contributed by atoms with Crippen LogP contribution in [0.15, 0.2) is 30.3 Å². The first-order chi connectivity index (χ1) is 10.2. The van der Waals surface area contributed by atoms with Gasteiger partial charge in [-0.05, 0) is 69.1 Å². The van der Waals surface area contributed by atoms with E-state index in [-0.39, 0.29) is 11.7 Å². The topological polar surface area (TPSA) is 32.3 Å². The molecule has 0 bridgehead atoms. The summed E-state index contributed by atoms with van der Waals surface area (Å²) in [5.41, 5.74) is 0.694. The normalized spacial score (nSPS) is 15.7. The molecule has 0 atom stereocenters. The van der Waals surface area contributed by atoms with Crippen molar-refractivity contribution < 1.29 is 9.18 Å². The number of halogens is 1. The van der Waals surface area contributed by atoms with Gasteiger partial charge in [0.2, 0.25) is 5.91 Å². The van der Waals surface area contributed by atoms with E-state index in [2.05, 4.69) is 10.2 Å². The van der Waals surface area contributed by atoms with E-state index in [9.17, 15) is 9.18 Å². The van der Waals surface area contributed by atoms with Crippen molar-refractivity contribution in [3.8, 4) is 0 Å². The smallest absolute Gasteiger partial charge is 0.243 e. The minimum Gasteiger partial charge on any atom is -0.353 e. The average molecular weight is 290 g/mol. The number of nitrogens with one attached hydrogen (secondary N) is 1. The van der Waals surface area contributed by atoms with E-state index in [1.54, 1.807) is 18.2 Å². The van der Waals surface area contributed by atoms with Gasteiger partial charge in [0.15, 0.2) is 0 Å². The molecule has 1 aromatic carbocycles. The predicted molar refractivity (Wildman–Crippen MR) is 83.4 cm³/mol. The van der Waals surface area contributed by atoms with Crippen molar-refractivity contribution in [2.45, 2.75) is 25.7 Å². The van der Waals surface area contributed by atoms with Gasteiger partial charge < -0.3 is 10.2 Å². The molecule has 1 aliphatic heterocycles. The molecule has 0 radical (unpaired) electrons. The number of hydrogen-bond donors (Lipinski definition) is 1. The lowest BCUT2D eigenvalue weighted by molar-refractivity contribution is -0.116. The molecule has 1 fully saturated rings. The van der Waals surface area contributed by atoms with Gasteiger partial charge in [-0.3, -0.25) is 4.79 Å². The maximum Gasteiger partial charge on any atom is 0.243 e. The Hall–Kier alpha value is -1.68. The van der Waals surface area contributed by atoms with Crippen molar-refractivity contribution in [1.29, 1.82) is 0 Å². The van der Waals surface area contributed by atoms with Gasteiger partial charge >= 0.3 is 0 Å². The van der Waals surface area contributed by atoms with E-state index in [1.807, 2.05) is 0 Å². The highest BCUT2D eigenvalue weighted by molar-refractivity contribution is 5.91. The molecule has 21 heavy (non-hydrogen) atoms. The summed E-state index contributed by atoms with van der Waals surface area (Å²) in [6, 6.07) is 6.19. The summed E-state index contributed by atoms with van der Waals surface area (Å²) < 4.78 is 13.0. The number of hydrogen-bond acceptors (Lipinski definition) is 2. The van der Waals surface area contributed by atoms with Gasteiger partial charge in [-0.1, -0.05) is 12.1 Å². The van der Waals surface area contributed by atoms with Crippen LogP contribution in [0.3, 0.4) is 0 Å². The van der Waals surface area contributed by atoms with Gasteiger partial charge in [-0.25, -0.2) is 4.39 Å². The summed E-state index contributed by atoms with van der Waals surface area (Å²) in [5.74, 6) is -0.417.